The first-order valence-corrected chi connectivity index (χ1v) is 5.51. The van der Waals surface area contributed by atoms with Crippen molar-refractivity contribution in [3.63, 3.8) is 0 Å². The molecule has 2 atom stereocenters. The summed E-state index contributed by atoms with van der Waals surface area (Å²) >= 11 is 0. The molecule has 0 bridgehead atoms. The molecule has 1 saturated carbocycles. The summed E-state index contributed by atoms with van der Waals surface area (Å²) in [5.41, 5.74) is 6.30. The Morgan fingerprint density at radius 1 is 1.31 bits per heavy atom. The summed E-state index contributed by atoms with van der Waals surface area (Å²) in [6.45, 7) is 0. The number of primary amides is 1. The van der Waals surface area contributed by atoms with Gasteiger partial charge in [0.05, 0.1) is 6.04 Å². The summed E-state index contributed by atoms with van der Waals surface area (Å²) in [5.74, 6) is 0.417. The molecule has 86 valence electrons. The molecule has 0 radical (unpaired) electrons. The molecule has 4 nitrogen and oxygen atoms in total. The Morgan fingerprint density at radius 3 is 2.62 bits per heavy atom. The van der Waals surface area contributed by atoms with Crippen LogP contribution >= 0.6 is 0 Å². The fraction of sp³-hybridized carbons (Fsp3) is 0.417. The van der Waals surface area contributed by atoms with Gasteiger partial charge in [-0.15, -0.1) is 0 Å². The van der Waals surface area contributed by atoms with Crippen molar-refractivity contribution >= 4 is 6.03 Å². The number of hydrogen-bond donors (Lipinski definition) is 2. The van der Waals surface area contributed by atoms with E-state index in [-0.39, 0.29) is 6.04 Å². The van der Waals surface area contributed by atoms with Crippen LogP contribution in [0, 0.1) is 0 Å². The van der Waals surface area contributed by atoms with Gasteiger partial charge >= 0.3 is 6.03 Å². The van der Waals surface area contributed by atoms with Crippen molar-refractivity contribution in [3.8, 4) is 0 Å². The summed E-state index contributed by atoms with van der Waals surface area (Å²) in [5, 5.41) is 10.1. The van der Waals surface area contributed by atoms with Gasteiger partial charge < -0.3 is 5.73 Å². The molecule has 16 heavy (non-hydrogen) atoms. The highest BCUT2D eigenvalue weighted by molar-refractivity contribution is 5.70. The molecule has 1 fully saturated rings. The van der Waals surface area contributed by atoms with E-state index in [1.807, 2.05) is 18.2 Å². The van der Waals surface area contributed by atoms with Gasteiger partial charge in [-0.25, -0.2) is 9.86 Å². The van der Waals surface area contributed by atoms with E-state index < -0.39 is 6.03 Å². The van der Waals surface area contributed by atoms with Crippen LogP contribution in [0.4, 0.5) is 4.79 Å². The minimum Gasteiger partial charge on any atom is -0.350 e. The summed E-state index contributed by atoms with van der Waals surface area (Å²) in [6, 6.07) is 9.26. The van der Waals surface area contributed by atoms with Crippen molar-refractivity contribution in [2.45, 2.75) is 31.2 Å². The topological polar surface area (TPSA) is 66.6 Å². The molecule has 0 unspecified atom stereocenters. The third-order valence-corrected chi connectivity index (χ3v) is 3.25. The zero-order valence-electron chi connectivity index (χ0n) is 9.04. The van der Waals surface area contributed by atoms with Crippen LogP contribution in [0.1, 0.15) is 30.7 Å². The van der Waals surface area contributed by atoms with Crippen LogP contribution in [0.15, 0.2) is 30.3 Å². The van der Waals surface area contributed by atoms with E-state index in [4.69, 9.17) is 5.73 Å². The second kappa shape index (κ2) is 4.53. The van der Waals surface area contributed by atoms with Crippen molar-refractivity contribution in [1.82, 2.24) is 5.06 Å². The van der Waals surface area contributed by atoms with Crippen LogP contribution in [0.3, 0.4) is 0 Å². The number of urea groups is 1. The molecule has 3 N–H and O–H groups in total. The van der Waals surface area contributed by atoms with Crippen LogP contribution in [-0.4, -0.2) is 22.3 Å². The molecule has 0 aliphatic heterocycles. The van der Waals surface area contributed by atoms with Gasteiger partial charge in [-0.2, -0.15) is 0 Å². The smallest absolute Gasteiger partial charge is 0.338 e. The molecule has 0 heterocycles. The Bertz CT molecular complexity index is 367. The molecular weight excluding hydrogens is 204 g/mol. The van der Waals surface area contributed by atoms with Gasteiger partial charge in [0.1, 0.15) is 0 Å². The Balaban J connectivity index is 2.01. The zero-order valence-corrected chi connectivity index (χ0v) is 9.04. The van der Waals surface area contributed by atoms with Gasteiger partial charge in [0.15, 0.2) is 0 Å². The number of carbonyl (C=O) groups is 1. The first-order chi connectivity index (χ1) is 7.68. The average molecular weight is 220 g/mol. The molecule has 2 rings (SSSR count). The molecule has 1 aromatic rings. The van der Waals surface area contributed by atoms with Crippen LogP contribution < -0.4 is 5.73 Å². The van der Waals surface area contributed by atoms with E-state index in [2.05, 4.69) is 12.1 Å². The molecule has 4 heteroatoms. The number of nitrogens with two attached hydrogens (primary N) is 1. The largest absolute Gasteiger partial charge is 0.350 e. The van der Waals surface area contributed by atoms with E-state index in [0.717, 1.165) is 19.3 Å². The van der Waals surface area contributed by atoms with E-state index in [1.165, 1.54) is 5.56 Å². The number of hydroxylamine groups is 2. The molecule has 1 aromatic carbocycles. The monoisotopic (exact) mass is 220 g/mol. The number of nitrogens with zero attached hydrogens (tertiary/aromatic N) is 1. The fourth-order valence-corrected chi connectivity index (χ4v) is 2.39. The number of benzene rings is 1. The van der Waals surface area contributed by atoms with E-state index in [9.17, 15) is 10.0 Å². The van der Waals surface area contributed by atoms with Crippen molar-refractivity contribution in [1.29, 1.82) is 0 Å². The van der Waals surface area contributed by atoms with Crippen LogP contribution in [-0.2, 0) is 0 Å². The second-order valence-corrected chi connectivity index (χ2v) is 4.26. The van der Waals surface area contributed by atoms with Crippen molar-refractivity contribution in [2.75, 3.05) is 0 Å². The van der Waals surface area contributed by atoms with Crippen LogP contribution in [0.2, 0.25) is 0 Å². The Morgan fingerprint density at radius 2 is 2.00 bits per heavy atom. The van der Waals surface area contributed by atoms with Crippen molar-refractivity contribution in [3.05, 3.63) is 35.9 Å². The maximum atomic E-state index is 10.8. The summed E-state index contributed by atoms with van der Waals surface area (Å²) in [6.07, 6.45) is 2.57. The maximum absolute atomic E-state index is 10.8. The lowest BCUT2D eigenvalue weighted by molar-refractivity contribution is -0.0730. The SMILES string of the molecule is NC(=O)N(O)[C@H]1CC[C@@H](c2ccccc2)C1. The molecule has 2 amide bonds. The maximum Gasteiger partial charge on any atom is 0.338 e. The molecule has 0 spiro atoms. The highest BCUT2D eigenvalue weighted by Gasteiger charge is 2.31. The minimum absolute atomic E-state index is 0.136. The van der Waals surface area contributed by atoms with Gasteiger partial charge in [0, 0.05) is 0 Å². The summed E-state index contributed by atoms with van der Waals surface area (Å²) in [7, 11) is 0. The molecule has 0 aromatic heterocycles. The fourth-order valence-electron chi connectivity index (χ4n) is 2.39. The highest BCUT2D eigenvalue weighted by Crippen LogP contribution is 2.36. The predicted molar refractivity (Wildman–Crippen MR) is 60.0 cm³/mol. The number of amides is 2. The van der Waals surface area contributed by atoms with Gasteiger partial charge in [-0.1, -0.05) is 30.3 Å². The average Bonchev–Trinajstić information content (AvgIpc) is 2.78. The first-order valence-electron chi connectivity index (χ1n) is 5.51. The third kappa shape index (κ3) is 2.17. The first kappa shape index (κ1) is 11.0. The molecular formula is C12H16N2O2. The van der Waals surface area contributed by atoms with Crippen molar-refractivity contribution < 1.29 is 10.0 Å². The minimum atomic E-state index is -0.765. The lowest BCUT2D eigenvalue weighted by atomic mass is 9.98. The summed E-state index contributed by atoms with van der Waals surface area (Å²) in [4.78, 5) is 10.8. The van der Waals surface area contributed by atoms with Gasteiger partial charge in [0.2, 0.25) is 0 Å². The highest BCUT2D eigenvalue weighted by atomic mass is 16.5. The van der Waals surface area contributed by atoms with Crippen molar-refractivity contribution in [2.24, 2.45) is 5.73 Å². The zero-order chi connectivity index (χ0) is 11.5. The summed E-state index contributed by atoms with van der Waals surface area (Å²) < 4.78 is 0. The normalized spacial score (nSPS) is 24.3. The van der Waals surface area contributed by atoms with E-state index in [1.54, 1.807) is 0 Å². The van der Waals surface area contributed by atoms with Gasteiger partial charge in [-0.3, -0.25) is 5.21 Å². The predicted octanol–water partition coefficient (Wildman–Crippen LogP) is 2.09. The van der Waals surface area contributed by atoms with Crippen LogP contribution in [0.5, 0.6) is 0 Å². The number of rotatable bonds is 2. The third-order valence-electron chi connectivity index (χ3n) is 3.25. The van der Waals surface area contributed by atoms with Gasteiger partial charge in [-0.05, 0) is 30.7 Å². The lowest BCUT2D eigenvalue weighted by Crippen LogP contribution is -2.39. The molecule has 1 aliphatic carbocycles. The Kier molecular flexibility index (Phi) is 3.10. The standard InChI is InChI=1S/C12H16N2O2/c13-12(15)14(16)11-7-6-10(8-11)9-4-2-1-3-5-9/h1-5,10-11,16H,6-8H2,(H2,13,15)/t10-,11+/m1/s1. The van der Waals surface area contributed by atoms with Crippen LogP contribution in [0.25, 0.3) is 0 Å². The number of carbonyl (C=O) groups excluding carboxylic acids is 1. The van der Waals surface area contributed by atoms with E-state index >= 15 is 0 Å². The molecule has 0 saturated heterocycles. The quantitative estimate of drug-likeness (QED) is 0.592. The molecule has 1 aliphatic rings. The Hall–Kier alpha value is -1.55. The Labute approximate surface area is 94.6 Å². The number of hydrogen-bond acceptors (Lipinski definition) is 2. The van der Waals surface area contributed by atoms with Gasteiger partial charge in [0.25, 0.3) is 0 Å². The second-order valence-electron chi connectivity index (χ2n) is 4.26. The van der Waals surface area contributed by atoms with E-state index in [0.29, 0.717) is 11.0 Å². The lowest BCUT2D eigenvalue weighted by Gasteiger charge is -2.19.